The Morgan fingerprint density at radius 1 is 0.971 bits per heavy atom. The van der Waals surface area contributed by atoms with Crippen molar-refractivity contribution in [2.24, 2.45) is 0 Å². The number of hydrogen-bond acceptors (Lipinski definition) is 4. The summed E-state index contributed by atoms with van der Waals surface area (Å²) in [6, 6.07) is 23.9. The summed E-state index contributed by atoms with van der Waals surface area (Å²) in [7, 11) is 1.64. The van der Waals surface area contributed by atoms with Crippen LogP contribution in [0.25, 0.3) is 6.08 Å². The van der Waals surface area contributed by atoms with E-state index in [9.17, 15) is 4.79 Å². The first-order valence-corrected chi connectivity index (χ1v) is 12.5. The highest BCUT2D eigenvalue weighted by atomic mass is 35.5. The molecule has 5 heteroatoms. The van der Waals surface area contributed by atoms with Gasteiger partial charge in [0.2, 0.25) is 0 Å². The van der Waals surface area contributed by atoms with Gasteiger partial charge in [-0.1, -0.05) is 54.1 Å². The molecule has 0 amide bonds. The van der Waals surface area contributed by atoms with Crippen LogP contribution >= 0.6 is 22.9 Å². The second-order valence-electron chi connectivity index (χ2n) is 8.36. The van der Waals surface area contributed by atoms with Crippen LogP contribution in [0.2, 0.25) is 5.02 Å². The van der Waals surface area contributed by atoms with Gasteiger partial charge in [0.05, 0.1) is 12.0 Å². The molecule has 4 rings (SSSR count). The van der Waals surface area contributed by atoms with Crippen molar-refractivity contribution >= 4 is 34.8 Å². The number of ether oxygens (including phenoxy) is 2. The van der Waals surface area contributed by atoms with Crippen LogP contribution < -0.4 is 9.47 Å². The van der Waals surface area contributed by atoms with Gasteiger partial charge in [0.1, 0.15) is 18.1 Å². The van der Waals surface area contributed by atoms with Gasteiger partial charge < -0.3 is 9.47 Å². The number of carbonyl (C=O) groups excluding carboxylic acids is 1. The van der Waals surface area contributed by atoms with E-state index in [2.05, 4.69) is 12.1 Å². The topological polar surface area (TPSA) is 35.5 Å². The Balaban J connectivity index is 1.44. The summed E-state index contributed by atoms with van der Waals surface area (Å²) in [5.74, 6) is 1.49. The van der Waals surface area contributed by atoms with Crippen LogP contribution in [-0.2, 0) is 13.0 Å². The lowest BCUT2D eigenvalue weighted by Gasteiger charge is -2.13. The van der Waals surface area contributed by atoms with Gasteiger partial charge in [-0.2, -0.15) is 0 Å². The maximum atomic E-state index is 12.8. The van der Waals surface area contributed by atoms with Gasteiger partial charge in [-0.05, 0) is 78.6 Å². The zero-order valence-corrected chi connectivity index (χ0v) is 21.6. The molecule has 1 heterocycles. The molecule has 0 unspecified atom stereocenters. The first-order chi connectivity index (χ1) is 16.9. The van der Waals surface area contributed by atoms with E-state index in [-0.39, 0.29) is 5.78 Å². The monoisotopic (exact) mass is 502 g/mol. The van der Waals surface area contributed by atoms with E-state index in [4.69, 9.17) is 21.1 Å². The maximum Gasteiger partial charge on any atom is 0.195 e. The fourth-order valence-corrected chi connectivity index (χ4v) is 4.89. The molecule has 0 aliphatic rings. The molecule has 0 fully saturated rings. The normalized spacial score (nSPS) is 11.1. The summed E-state index contributed by atoms with van der Waals surface area (Å²) in [4.78, 5) is 14.7. The van der Waals surface area contributed by atoms with Crippen molar-refractivity contribution in [1.29, 1.82) is 0 Å². The van der Waals surface area contributed by atoms with Gasteiger partial charge in [0.15, 0.2) is 5.78 Å². The maximum absolute atomic E-state index is 12.8. The van der Waals surface area contributed by atoms with Gasteiger partial charge in [0, 0.05) is 21.9 Å². The second kappa shape index (κ2) is 11.4. The molecule has 0 atom stereocenters. The summed E-state index contributed by atoms with van der Waals surface area (Å²) in [5, 5.41) is 0.754. The second-order valence-corrected chi connectivity index (χ2v) is 9.90. The number of methoxy groups -OCH3 is 1. The van der Waals surface area contributed by atoms with Gasteiger partial charge in [-0.3, -0.25) is 4.79 Å². The van der Waals surface area contributed by atoms with Crippen molar-refractivity contribution in [3.05, 3.63) is 121 Å². The van der Waals surface area contributed by atoms with E-state index in [1.807, 2.05) is 80.6 Å². The number of halogens is 1. The molecule has 0 saturated heterocycles. The molecular weight excluding hydrogens is 476 g/mol. The zero-order chi connectivity index (χ0) is 24.8. The van der Waals surface area contributed by atoms with Gasteiger partial charge >= 0.3 is 0 Å². The van der Waals surface area contributed by atoms with Crippen LogP contribution in [0.3, 0.4) is 0 Å². The van der Waals surface area contributed by atoms with E-state index in [1.165, 1.54) is 21.8 Å². The predicted molar refractivity (Wildman–Crippen MR) is 145 cm³/mol. The molecule has 1 aromatic heterocycles. The Hall–Kier alpha value is -3.34. The quantitative estimate of drug-likeness (QED) is 0.171. The van der Waals surface area contributed by atoms with Crippen molar-refractivity contribution in [3.63, 3.8) is 0 Å². The molecule has 0 N–H and O–H groups in total. The van der Waals surface area contributed by atoms with Crippen molar-refractivity contribution < 1.29 is 14.3 Å². The predicted octanol–water partition coefficient (Wildman–Crippen LogP) is 8.09. The van der Waals surface area contributed by atoms with Crippen LogP contribution in [0.5, 0.6) is 11.5 Å². The van der Waals surface area contributed by atoms with Crippen molar-refractivity contribution in [1.82, 2.24) is 0 Å². The molecule has 35 heavy (non-hydrogen) atoms. The van der Waals surface area contributed by atoms with E-state index in [0.29, 0.717) is 6.61 Å². The average molecular weight is 503 g/mol. The molecule has 0 radical (unpaired) electrons. The minimum Gasteiger partial charge on any atom is -0.496 e. The Labute approximate surface area is 215 Å². The van der Waals surface area contributed by atoms with E-state index in [1.54, 1.807) is 13.2 Å². The molecule has 0 spiro atoms. The summed E-state index contributed by atoms with van der Waals surface area (Å²) < 4.78 is 11.5. The van der Waals surface area contributed by atoms with Crippen LogP contribution in [-0.4, -0.2) is 12.9 Å². The third-order valence-corrected chi connectivity index (χ3v) is 7.36. The minimum atomic E-state index is -0.00459. The van der Waals surface area contributed by atoms with Crippen molar-refractivity contribution in [2.75, 3.05) is 7.11 Å². The van der Waals surface area contributed by atoms with Gasteiger partial charge in [-0.25, -0.2) is 0 Å². The zero-order valence-electron chi connectivity index (χ0n) is 20.0. The number of hydrogen-bond donors (Lipinski definition) is 0. The molecule has 3 aromatic carbocycles. The third kappa shape index (κ3) is 6.41. The number of thiophene rings is 1. The number of aryl methyl sites for hydroxylation is 2. The molecule has 0 aliphatic carbocycles. The van der Waals surface area contributed by atoms with E-state index in [0.717, 1.165) is 50.1 Å². The Morgan fingerprint density at radius 2 is 1.71 bits per heavy atom. The lowest BCUT2D eigenvalue weighted by molar-refractivity contribution is 0.105. The number of rotatable bonds is 9. The Kier molecular flexibility index (Phi) is 8.06. The highest BCUT2D eigenvalue weighted by Gasteiger charge is 2.10. The summed E-state index contributed by atoms with van der Waals surface area (Å²) in [6.07, 6.45) is 4.28. The Morgan fingerprint density at radius 3 is 2.43 bits per heavy atom. The van der Waals surface area contributed by atoms with Crippen LogP contribution in [0, 0.1) is 13.8 Å². The molecule has 4 aromatic rings. The number of ketones is 1. The van der Waals surface area contributed by atoms with Crippen LogP contribution in [0.15, 0.2) is 78.9 Å². The lowest BCUT2D eigenvalue weighted by atomic mass is 10.1. The standard InChI is InChI=1S/C30H27ClO3S/c1-20-15-25(16-21(2)30(20)31)34-19-24-17-23(10-13-28(24)33-3)9-12-27(32)29-14-11-26(35-29)18-22-7-5-4-6-8-22/h4-17H,18-19H2,1-3H3/b12-9+. The SMILES string of the molecule is COc1ccc(/C=C/C(=O)c2ccc(Cc3ccccc3)s2)cc1COc1cc(C)c(Cl)c(C)c1. The smallest absolute Gasteiger partial charge is 0.195 e. The highest BCUT2D eigenvalue weighted by molar-refractivity contribution is 7.14. The Bertz CT molecular complexity index is 1330. The van der Waals surface area contributed by atoms with E-state index >= 15 is 0 Å². The van der Waals surface area contributed by atoms with Crippen LogP contribution in [0.1, 0.15) is 42.4 Å². The van der Waals surface area contributed by atoms with E-state index < -0.39 is 0 Å². The highest BCUT2D eigenvalue weighted by Crippen LogP contribution is 2.28. The number of benzene rings is 3. The summed E-state index contributed by atoms with van der Waals surface area (Å²) in [6.45, 7) is 4.26. The van der Waals surface area contributed by atoms with Crippen molar-refractivity contribution in [3.8, 4) is 11.5 Å². The first kappa shape index (κ1) is 24.8. The molecule has 0 saturated carbocycles. The lowest BCUT2D eigenvalue weighted by Crippen LogP contribution is -2.00. The first-order valence-electron chi connectivity index (χ1n) is 11.3. The van der Waals surface area contributed by atoms with Gasteiger partial charge in [0.25, 0.3) is 0 Å². The fourth-order valence-electron chi connectivity index (χ4n) is 3.82. The molecule has 0 aliphatic heterocycles. The number of allylic oxidation sites excluding steroid dienone is 1. The van der Waals surface area contributed by atoms with Gasteiger partial charge in [-0.15, -0.1) is 11.3 Å². The summed E-state index contributed by atoms with van der Waals surface area (Å²) in [5.41, 5.74) is 4.99. The average Bonchev–Trinajstić information content (AvgIpc) is 3.33. The molecular formula is C30H27ClO3S. The molecule has 0 bridgehead atoms. The fraction of sp³-hybridized carbons (Fsp3) is 0.167. The summed E-state index contributed by atoms with van der Waals surface area (Å²) >= 11 is 7.81. The minimum absolute atomic E-state index is 0.00459. The third-order valence-electron chi connectivity index (χ3n) is 5.66. The van der Waals surface area contributed by atoms with Crippen molar-refractivity contribution in [2.45, 2.75) is 26.9 Å². The number of carbonyl (C=O) groups is 1. The molecule has 178 valence electrons. The molecule has 3 nitrogen and oxygen atoms in total. The largest absolute Gasteiger partial charge is 0.496 e. The van der Waals surface area contributed by atoms with Crippen LogP contribution in [0.4, 0.5) is 0 Å².